The Labute approximate surface area is 116 Å². The molecule has 0 rings (SSSR count). The predicted molar refractivity (Wildman–Crippen MR) is 84.6 cm³/mol. The molecule has 0 aromatic rings. The van der Waals surface area contributed by atoms with E-state index in [1.807, 2.05) is 0 Å². The highest BCUT2D eigenvalue weighted by molar-refractivity contribution is 6.90. The van der Waals surface area contributed by atoms with E-state index in [2.05, 4.69) is 53.0 Å². The zero-order chi connectivity index (χ0) is 14.2. The lowest BCUT2D eigenvalue weighted by Gasteiger charge is -2.38. The molecule has 0 saturated heterocycles. The van der Waals surface area contributed by atoms with Gasteiger partial charge in [-0.15, -0.1) is 11.5 Å². The Hall–Kier alpha value is -0.263. The molecule has 1 nitrogen and oxygen atoms in total. The zero-order valence-electron chi connectivity index (χ0n) is 13.5. The van der Waals surface area contributed by atoms with E-state index in [0.29, 0.717) is 0 Å². The van der Waals surface area contributed by atoms with Crippen LogP contribution < -0.4 is 0 Å². The highest BCUT2D eigenvalue weighted by Crippen LogP contribution is 2.40. The van der Waals surface area contributed by atoms with E-state index in [1.165, 1.54) is 6.42 Å². The minimum atomic E-state index is -1.49. The lowest BCUT2D eigenvalue weighted by Crippen LogP contribution is -2.43. The van der Waals surface area contributed by atoms with Crippen molar-refractivity contribution in [2.24, 2.45) is 0 Å². The van der Waals surface area contributed by atoms with Gasteiger partial charge in [0.05, 0.1) is 0 Å². The van der Waals surface area contributed by atoms with Crippen LogP contribution in [0.3, 0.4) is 0 Å². The molecular formula is C16H32OSi. The van der Waals surface area contributed by atoms with Gasteiger partial charge >= 0.3 is 0 Å². The van der Waals surface area contributed by atoms with Crippen molar-refractivity contribution in [1.82, 2.24) is 0 Å². The SMILES string of the molecule is COCCCCC#C[Si](C(C)C)(C(C)C)C(C)C. The van der Waals surface area contributed by atoms with E-state index in [-0.39, 0.29) is 0 Å². The zero-order valence-corrected chi connectivity index (χ0v) is 14.5. The molecular weight excluding hydrogens is 236 g/mol. The number of hydrogen-bond donors (Lipinski definition) is 0. The molecule has 0 aromatic heterocycles. The van der Waals surface area contributed by atoms with Crippen LogP contribution in [0.15, 0.2) is 0 Å². The third-order valence-electron chi connectivity index (χ3n) is 4.07. The largest absolute Gasteiger partial charge is 0.385 e. The fraction of sp³-hybridized carbons (Fsp3) is 0.875. The standard InChI is InChI=1S/C16H32OSi/c1-14(2)18(15(3)4,16(5)6)13-11-9-8-10-12-17-7/h14-16H,8-10,12H2,1-7H3. The van der Waals surface area contributed by atoms with Crippen molar-refractivity contribution in [3.8, 4) is 11.5 Å². The quantitative estimate of drug-likeness (QED) is 0.358. The second kappa shape index (κ2) is 8.77. The molecule has 0 heterocycles. The van der Waals surface area contributed by atoms with E-state index < -0.39 is 8.07 Å². The number of rotatable bonds is 7. The summed E-state index contributed by atoms with van der Waals surface area (Å²) < 4.78 is 5.06. The molecule has 18 heavy (non-hydrogen) atoms. The molecule has 106 valence electrons. The number of ether oxygens (including phenoxy) is 1. The first-order valence-electron chi connectivity index (χ1n) is 7.38. The van der Waals surface area contributed by atoms with Crippen molar-refractivity contribution in [1.29, 1.82) is 0 Å². The summed E-state index contributed by atoms with van der Waals surface area (Å²) in [5, 5.41) is 0. The van der Waals surface area contributed by atoms with Gasteiger partial charge in [-0.3, -0.25) is 0 Å². The summed E-state index contributed by atoms with van der Waals surface area (Å²) in [6.45, 7) is 15.1. The van der Waals surface area contributed by atoms with Crippen molar-refractivity contribution in [2.45, 2.75) is 77.4 Å². The molecule has 0 aliphatic rings. The molecule has 0 aromatic carbocycles. The van der Waals surface area contributed by atoms with Crippen LogP contribution >= 0.6 is 0 Å². The third kappa shape index (κ3) is 4.78. The maximum Gasteiger partial charge on any atom is 0.145 e. The molecule has 0 unspecified atom stereocenters. The normalized spacial score (nSPS) is 12.1. The van der Waals surface area contributed by atoms with Gasteiger partial charge in [0.2, 0.25) is 0 Å². The fourth-order valence-corrected chi connectivity index (χ4v) is 8.41. The topological polar surface area (TPSA) is 9.23 Å². The van der Waals surface area contributed by atoms with Gasteiger partial charge in [-0.25, -0.2) is 0 Å². The fourth-order valence-electron chi connectivity index (χ4n) is 3.11. The summed E-state index contributed by atoms with van der Waals surface area (Å²) in [5.74, 6) is 3.49. The van der Waals surface area contributed by atoms with Gasteiger partial charge in [0, 0.05) is 20.1 Å². The van der Waals surface area contributed by atoms with Crippen molar-refractivity contribution >= 4 is 8.07 Å². The molecule has 0 aliphatic carbocycles. The molecule has 2 heteroatoms. The van der Waals surface area contributed by atoms with E-state index in [4.69, 9.17) is 4.74 Å². The van der Waals surface area contributed by atoms with E-state index in [9.17, 15) is 0 Å². The van der Waals surface area contributed by atoms with Crippen molar-refractivity contribution in [3.63, 3.8) is 0 Å². The summed E-state index contributed by atoms with van der Waals surface area (Å²) in [5.41, 5.74) is 5.98. The first-order valence-corrected chi connectivity index (χ1v) is 9.61. The maximum atomic E-state index is 5.06. The Bertz CT molecular complexity index is 249. The summed E-state index contributed by atoms with van der Waals surface area (Å²) in [7, 11) is 0.275. The van der Waals surface area contributed by atoms with Crippen molar-refractivity contribution in [3.05, 3.63) is 0 Å². The van der Waals surface area contributed by atoms with Crippen LogP contribution in [0.1, 0.15) is 60.8 Å². The van der Waals surface area contributed by atoms with Crippen LogP contribution in [0.25, 0.3) is 0 Å². The second-order valence-electron chi connectivity index (χ2n) is 6.15. The molecule has 0 bridgehead atoms. The minimum Gasteiger partial charge on any atom is -0.385 e. The lowest BCUT2D eigenvalue weighted by molar-refractivity contribution is 0.193. The minimum absolute atomic E-state index is 0.740. The van der Waals surface area contributed by atoms with Crippen LogP contribution in [0.2, 0.25) is 16.6 Å². The summed E-state index contributed by atoms with van der Waals surface area (Å²) >= 11 is 0. The highest BCUT2D eigenvalue weighted by atomic mass is 28.3. The van der Waals surface area contributed by atoms with Gasteiger partial charge in [-0.2, -0.15) is 0 Å². The third-order valence-corrected chi connectivity index (χ3v) is 10.4. The summed E-state index contributed by atoms with van der Waals surface area (Å²) in [6.07, 6.45) is 3.33. The van der Waals surface area contributed by atoms with E-state index in [0.717, 1.165) is 36.1 Å². The first-order chi connectivity index (χ1) is 8.39. The lowest BCUT2D eigenvalue weighted by atomic mass is 10.2. The number of methoxy groups -OCH3 is 1. The Balaban J connectivity index is 4.65. The number of hydrogen-bond acceptors (Lipinski definition) is 1. The van der Waals surface area contributed by atoms with Gasteiger partial charge in [-0.05, 0) is 29.5 Å². The average molecular weight is 269 g/mol. The predicted octanol–water partition coefficient (Wildman–Crippen LogP) is 5.02. The smallest absolute Gasteiger partial charge is 0.145 e. The highest BCUT2D eigenvalue weighted by Gasteiger charge is 2.41. The molecule has 0 saturated carbocycles. The maximum absolute atomic E-state index is 5.06. The van der Waals surface area contributed by atoms with Gasteiger partial charge in [-0.1, -0.05) is 41.5 Å². The average Bonchev–Trinajstić information content (AvgIpc) is 2.26. The monoisotopic (exact) mass is 268 g/mol. The van der Waals surface area contributed by atoms with Gasteiger partial charge in [0.1, 0.15) is 8.07 Å². The molecule has 0 N–H and O–H groups in total. The van der Waals surface area contributed by atoms with Crippen LogP contribution in [-0.2, 0) is 4.74 Å². The van der Waals surface area contributed by atoms with E-state index in [1.54, 1.807) is 7.11 Å². The summed E-state index contributed by atoms with van der Waals surface area (Å²) in [6, 6.07) is 0. The van der Waals surface area contributed by atoms with Crippen LogP contribution in [0, 0.1) is 11.5 Å². The Morgan fingerprint density at radius 3 is 1.78 bits per heavy atom. The molecule has 0 radical (unpaired) electrons. The van der Waals surface area contributed by atoms with Gasteiger partial charge in [0.15, 0.2) is 0 Å². The second-order valence-corrected chi connectivity index (χ2v) is 11.7. The van der Waals surface area contributed by atoms with Crippen molar-refractivity contribution in [2.75, 3.05) is 13.7 Å². The van der Waals surface area contributed by atoms with E-state index >= 15 is 0 Å². The Kier molecular flexibility index (Phi) is 8.64. The first kappa shape index (κ1) is 17.7. The van der Waals surface area contributed by atoms with Gasteiger partial charge < -0.3 is 4.74 Å². The summed E-state index contributed by atoms with van der Waals surface area (Å²) in [4.78, 5) is 0. The molecule has 0 spiro atoms. The van der Waals surface area contributed by atoms with Crippen LogP contribution in [-0.4, -0.2) is 21.8 Å². The molecule has 0 fully saturated rings. The van der Waals surface area contributed by atoms with Crippen LogP contribution in [0.5, 0.6) is 0 Å². The Morgan fingerprint density at radius 2 is 1.39 bits per heavy atom. The van der Waals surface area contributed by atoms with Crippen molar-refractivity contribution < 1.29 is 4.74 Å². The molecule has 0 atom stereocenters. The Morgan fingerprint density at radius 1 is 0.889 bits per heavy atom. The van der Waals surface area contributed by atoms with Gasteiger partial charge in [0.25, 0.3) is 0 Å². The van der Waals surface area contributed by atoms with Crippen LogP contribution in [0.4, 0.5) is 0 Å². The molecule has 0 aliphatic heterocycles. The number of unbranched alkanes of at least 4 members (excludes halogenated alkanes) is 2. The molecule has 0 amide bonds.